The molecule has 2 aromatic carbocycles. The molecule has 4 rings (SSSR count). The second-order valence-electron chi connectivity index (χ2n) is 5.51. The van der Waals surface area contributed by atoms with Crippen LogP contribution in [-0.2, 0) is 17.6 Å². The van der Waals surface area contributed by atoms with Crippen LogP contribution in [0.3, 0.4) is 0 Å². The van der Waals surface area contributed by atoms with E-state index in [1.807, 2.05) is 42.6 Å². The summed E-state index contributed by atoms with van der Waals surface area (Å²) in [6, 6.07) is 13.8. The van der Waals surface area contributed by atoms with Crippen LogP contribution in [-0.4, -0.2) is 17.5 Å². The number of aromatic nitrogens is 1. The van der Waals surface area contributed by atoms with Gasteiger partial charge in [-0.15, -0.1) is 0 Å². The molecule has 0 saturated carbocycles. The largest absolute Gasteiger partial charge is 0.493 e. The number of carbonyl (C=O) groups excluding carboxylic acids is 1. The predicted octanol–water partition coefficient (Wildman–Crippen LogP) is 3.28. The zero-order valence-corrected chi connectivity index (χ0v) is 12.1. The normalized spacial score (nSPS) is 12.9. The molecule has 1 amide bonds. The average Bonchev–Trinajstić information content (AvgIpc) is 3.15. The van der Waals surface area contributed by atoms with E-state index in [-0.39, 0.29) is 5.91 Å². The number of fused-ring (bicyclic) bond motifs is 2. The van der Waals surface area contributed by atoms with Crippen LogP contribution in [0.1, 0.15) is 11.1 Å². The Kier molecular flexibility index (Phi) is 3.07. The van der Waals surface area contributed by atoms with Crippen LogP contribution >= 0.6 is 0 Å². The molecule has 1 aliphatic heterocycles. The molecule has 110 valence electrons. The lowest BCUT2D eigenvalue weighted by Crippen LogP contribution is -2.14. The predicted molar refractivity (Wildman–Crippen MR) is 86.3 cm³/mol. The minimum atomic E-state index is -0.0216. The quantitative estimate of drug-likeness (QED) is 0.778. The maximum absolute atomic E-state index is 12.3. The summed E-state index contributed by atoms with van der Waals surface area (Å²) in [6.45, 7) is 0.737. The van der Waals surface area contributed by atoms with Crippen molar-refractivity contribution in [3.8, 4) is 5.75 Å². The first-order chi connectivity index (χ1) is 10.8. The zero-order chi connectivity index (χ0) is 14.9. The van der Waals surface area contributed by atoms with E-state index in [0.29, 0.717) is 6.42 Å². The van der Waals surface area contributed by atoms with Crippen LogP contribution in [0, 0.1) is 0 Å². The number of hydrogen-bond donors (Lipinski definition) is 2. The van der Waals surface area contributed by atoms with Gasteiger partial charge in [-0.25, -0.2) is 0 Å². The second-order valence-corrected chi connectivity index (χ2v) is 5.51. The first kappa shape index (κ1) is 13.0. The van der Waals surface area contributed by atoms with Gasteiger partial charge in [0.15, 0.2) is 0 Å². The molecule has 0 fully saturated rings. The van der Waals surface area contributed by atoms with Crippen LogP contribution in [0.15, 0.2) is 48.7 Å². The topological polar surface area (TPSA) is 54.1 Å². The molecule has 2 N–H and O–H groups in total. The minimum Gasteiger partial charge on any atom is -0.493 e. The number of anilines is 1. The molecule has 0 unspecified atom stereocenters. The summed E-state index contributed by atoms with van der Waals surface area (Å²) >= 11 is 0. The number of ether oxygens (including phenoxy) is 1. The molecule has 22 heavy (non-hydrogen) atoms. The third-order valence-corrected chi connectivity index (χ3v) is 3.99. The van der Waals surface area contributed by atoms with Gasteiger partial charge in [0.2, 0.25) is 5.91 Å². The molecule has 0 spiro atoms. The van der Waals surface area contributed by atoms with Gasteiger partial charge in [0.1, 0.15) is 5.75 Å². The first-order valence-electron chi connectivity index (χ1n) is 7.40. The SMILES string of the molecule is O=C(Cc1ccc2c(c1)OCC2)Nc1cccc2[nH]ccc12. The van der Waals surface area contributed by atoms with Gasteiger partial charge in [-0.05, 0) is 35.4 Å². The van der Waals surface area contributed by atoms with Gasteiger partial charge in [0.25, 0.3) is 0 Å². The maximum atomic E-state index is 12.3. The molecule has 3 aromatic rings. The molecule has 1 aromatic heterocycles. The Bertz CT molecular complexity index is 851. The fraction of sp³-hybridized carbons (Fsp3) is 0.167. The van der Waals surface area contributed by atoms with E-state index in [2.05, 4.69) is 16.4 Å². The lowest BCUT2D eigenvalue weighted by molar-refractivity contribution is -0.115. The highest BCUT2D eigenvalue weighted by molar-refractivity contribution is 6.01. The van der Waals surface area contributed by atoms with Crippen LogP contribution < -0.4 is 10.1 Å². The molecule has 2 heterocycles. The van der Waals surface area contributed by atoms with Crippen LogP contribution in [0.5, 0.6) is 5.75 Å². The van der Waals surface area contributed by atoms with E-state index >= 15 is 0 Å². The van der Waals surface area contributed by atoms with E-state index in [9.17, 15) is 4.79 Å². The molecule has 0 saturated heterocycles. The Morgan fingerprint density at radius 3 is 3.14 bits per heavy atom. The van der Waals surface area contributed by atoms with E-state index in [0.717, 1.165) is 40.9 Å². The van der Waals surface area contributed by atoms with Gasteiger partial charge in [-0.3, -0.25) is 4.79 Å². The van der Waals surface area contributed by atoms with Crippen LogP contribution in [0.2, 0.25) is 0 Å². The van der Waals surface area contributed by atoms with Gasteiger partial charge in [0, 0.05) is 23.5 Å². The fourth-order valence-corrected chi connectivity index (χ4v) is 2.89. The summed E-state index contributed by atoms with van der Waals surface area (Å²) < 4.78 is 5.55. The maximum Gasteiger partial charge on any atom is 0.228 e. The van der Waals surface area contributed by atoms with Crippen molar-refractivity contribution in [1.29, 1.82) is 0 Å². The highest BCUT2D eigenvalue weighted by Gasteiger charge is 2.14. The van der Waals surface area contributed by atoms with Gasteiger partial charge >= 0.3 is 0 Å². The summed E-state index contributed by atoms with van der Waals surface area (Å²) in [6.07, 6.45) is 3.17. The van der Waals surface area contributed by atoms with E-state index in [1.54, 1.807) is 0 Å². The van der Waals surface area contributed by atoms with Crippen molar-refractivity contribution in [2.45, 2.75) is 12.8 Å². The zero-order valence-electron chi connectivity index (χ0n) is 12.1. The van der Waals surface area contributed by atoms with Crippen molar-refractivity contribution in [3.05, 3.63) is 59.8 Å². The average molecular weight is 292 g/mol. The highest BCUT2D eigenvalue weighted by Crippen LogP contribution is 2.27. The Balaban J connectivity index is 1.52. The molecule has 0 aliphatic carbocycles. The standard InChI is InChI=1S/C18H16N2O2/c21-18(11-12-4-5-13-7-9-22-17(13)10-12)20-16-3-1-2-15-14(16)6-8-19-15/h1-6,8,10,19H,7,9,11H2,(H,20,21). The monoisotopic (exact) mass is 292 g/mol. The summed E-state index contributed by atoms with van der Waals surface area (Å²) in [7, 11) is 0. The van der Waals surface area contributed by atoms with Crippen LogP contribution in [0.25, 0.3) is 10.9 Å². The molecule has 4 heteroatoms. The summed E-state index contributed by atoms with van der Waals surface area (Å²) in [5.41, 5.74) is 4.05. The highest BCUT2D eigenvalue weighted by atomic mass is 16.5. The van der Waals surface area contributed by atoms with Crippen molar-refractivity contribution in [2.75, 3.05) is 11.9 Å². The molecular weight excluding hydrogens is 276 g/mol. The number of aromatic amines is 1. The minimum absolute atomic E-state index is 0.0216. The molecular formula is C18H16N2O2. The van der Waals surface area contributed by atoms with E-state index in [4.69, 9.17) is 4.74 Å². The fourth-order valence-electron chi connectivity index (χ4n) is 2.89. The third kappa shape index (κ3) is 2.33. The molecule has 4 nitrogen and oxygen atoms in total. The van der Waals surface area contributed by atoms with Crippen molar-refractivity contribution in [3.63, 3.8) is 0 Å². The van der Waals surface area contributed by atoms with Crippen molar-refractivity contribution >= 4 is 22.5 Å². The molecule has 1 aliphatic rings. The number of rotatable bonds is 3. The Morgan fingerprint density at radius 1 is 1.23 bits per heavy atom. The lowest BCUT2D eigenvalue weighted by Gasteiger charge is -2.08. The number of amides is 1. The Labute approximate surface area is 128 Å². The number of hydrogen-bond acceptors (Lipinski definition) is 2. The van der Waals surface area contributed by atoms with Crippen molar-refractivity contribution in [1.82, 2.24) is 4.98 Å². The van der Waals surface area contributed by atoms with Gasteiger partial charge < -0.3 is 15.0 Å². The van der Waals surface area contributed by atoms with Crippen molar-refractivity contribution in [2.24, 2.45) is 0 Å². The second kappa shape index (κ2) is 5.22. The summed E-state index contributed by atoms with van der Waals surface area (Å²) in [5, 5.41) is 4.01. The number of nitrogens with one attached hydrogen (secondary N) is 2. The number of carbonyl (C=O) groups is 1. The number of H-pyrrole nitrogens is 1. The van der Waals surface area contributed by atoms with Gasteiger partial charge in [-0.1, -0.05) is 18.2 Å². The lowest BCUT2D eigenvalue weighted by atomic mass is 10.1. The number of benzene rings is 2. The first-order valence-corrected chi connectivity index (χ1v) is 7.40. The summed E-state index contributed by atoms with van der Waals surface area (Å²) in [5.74, 6) is 0.893. The Morgan fingerprint density at radius 2 is 2.18 bits per heavy atom. The molecule has 0 bridgehead atoms. The van der Waals surface area contributed by atoms with Gasteiger partial charge in [-0.2, -0.15) is 0 Å². The Hall–Kier alpha value is -2.75. The summed E-state index contributed by atoms with van der Waals surface area (Å²) in [4.78, 5) is 15.4. The van der Waals surface area contributed by atoms with Crippen LogP contribution in [0.4, 0.5) is 5.69 Å². The van der Waals surface area contributed by atoms with Crippen molar-refractivity contribution < 1.29 is 9.53 Å². The van der Waals surface area contributed by atoms with Gasteiger partial charge in [0.05, 0.1) is 18.7 Å². The smallest absolute Gasteiger partial charge is 0.228 e. The molecule has 0 atom stereocenters. The third-order valence-electron chi connectivity index (χ3n) is 3.99. The molecule has 0 radical (unpaired) electrons. The van der Waals surface area contributed by atoms with E-state index < -0.39 is 0 Å². The van der Waals surface area contributed by atoms with E-state index in [1.165, 1.54) is 5.56 Å².